The molecule has 112 valence electrons. The topological polar surface area (TPSA) is 103 Å². The van der Waals surface area contributed by atoms with Crippen molar-refractivity contribution in [2.24, 2.45) is 0 Å². The second-order valence-corrected chi connectivity index (χ2v) is 4.40. The molecule has 2 rings (SSSR count). The molecule has 1 N–H and O–H groups in total. The number of hydrogen-bond donors (Lipinski definition) is 1. The zero-order valence-corrected chi connectivity index (χ0v) is 11.6. The third-order valence-electron chi connectivity index (χ3n) is 2.80. The lowest BCUT2D eigenvalue weighted by Gasteiger charge is -2.07. The predicted octanol–water partition coefficient (Wildman–Crippen LogP) is 3.19. The van der Waals surface area contributed by atoms with Crippen LogP contribution >= 0.6 is 0 Å². The Balaban J connectivity index is 2.15. The van der Waals surface area contributed by atoms with Crippen molar-refractivity contribution in [3.05, 3.63) is 63.8 Å². The van der Waals surface area contributed by atoms with E-state index < -0.39 is 10.9 Å². The number of aliphatic carboxylic acids is 1. The number of ether oxygens (including phenoxy) is 1. The number of rotatable bonds is 5. The maximum absolute atomic E-state index is 10.5. The third-order valence-corrected chi connectivity index (χ3v) is 2.80. The van der Waals surface area contributed by atoms with Gasteiger partial charge in [-0.2, -0.15) is 0 Å². The summed E-state index contributed by atoms with van der Waals surface area (Å²) in [6.07, 6.45) is 3.67. The van der Waals surface area contributed by atoms with Gasteiger partial charge in [-0.15, -0.1) is 0 Å². The Morgan fingerprint density at radius 1 is 1.36 bits per heavy atom. The molecular weight excluding hydrogens is 288 g/mol. The van der Waals surface area contributed by atoms with E-state index in [9.17, 15) is 14.9 Å². The van der Waals surface area contributed by atoms with Gasteiger partial charge in [0.05, 0.1) is 4.92 Å². The van der Waals surface area contributed by atoms with Crippen molar-refractivity contribution < 1.29 is 19.6 Å². The quantitative estimate of drug-likeness (QED) is 0.516. The molecule has 0 atom stereocenters. The summed E-state index contributed by atoms with van der Waals surface area (Å²) in [7, 11) is 0. The maximum Gasteiger partial charge on any atom is 0.328 e. The van der Waals surface area contributed by atoms with Gasteiger partial charge in [-0.3, -0.25) is 10.1 Å². The lowest BCUT2D eigenvalue weighted by molar-refractivity contribution is -0.385. The van der Waals surface area contributed by atoms with Gasteiger partial charge in [0.2, 0.25) is 5.88 Å². The summed E-state index contributed by atoms with van der Waals surface area (Å²) in [6.45, 7) is 1.82. The molecule has 0 amide bonds. The lowest BCUT2D eigenvalue weighted by atomic mass is 10.1. The molecule has 0 fully saturated rings. The molecule has 0 saturated heterocycles. The molecular formula is C15H12N2O5. The van der Waals surface area contributed by atoms with Crippen molar-refractivity contribution in [3.63, 3.8) is 0 Å². The molecule has 0 spiro atoms. The number of nitrogens with zero attached hydrogens (tertiary/aromatic N) is 2. The van der Waals surface area contributed by atoms with E-state index in [1.807, 2.05) is 6.92 Å². The van der Waals surface area contributed by atoms with Gasteiger partial charge >= 0.3 is 5.97 Å². The Morgan fingerprint density at radius 3 is 2.68 bits per heavy atom. The van der Waals surface area contributed by atoms with Crippen LogP contribution in [-0.4, -0.2) is 21.0 Å². The first-order valence-corrected chi connectivity index (χ1v) is 6.25. The summed E-state index contributed by atoms with van der Waals surface area (Å²) < 4.78 is 5.50. The molecule has 22 heavy (non-hydrogen) atoms. The largest absolute Gasteiger partial charge is 0.478 e. The maximum atomic E-state index is 10.5. The summed E-state index contributed by atoms with van der Waals surface area (Å²) in [4.78, 5) is 24.4. The first kappa shape index (κ1) is 15.2. The van der Waals surface area contributed by atoms with Gasteiger partial charge in [-0.1, -0.05) is 6.07 Å². The molecule has 0 aliphatic rings. The van der Waals surface area contributed by atoms with Gasteiger partial charge in [0.1, 0.15) is 11.9 Å². The second kappa shape index (κ2) is 6.49. The minimum atomic E-state index is -1.02. The van der Waals surface area contributed by atoms with E-state index in [-0.39, 0.29) is 11.6 Å². The van der Waals surface area contributed by atoms with Crippen molar-refractivity contribution >= 4 is 17.7 Å². The summed E-state index contributed by atoms with van der Waals surface area (Å²) in [5.74, 6) is -0.278. The molecule has 1 aromatic carbocycles. The molecule has 0 unspecified atom stereocenters. The average Bonchev–Trinajstić information content (AvgIpc) is 2.47. The predicted molar refractivity (Wildman–Crippen MR) is 78.8 cm³/mol. The van der Waals surface area contributed by atoms with Crippen LogP contribution in [0.15, 0.2) is 42.6 Å². The van der Waals surface area contributed by atoms with E-state index in [1.165, 1.54) is 18.2 Å². The van der Waals surface area contributed by atoms with E-state index in [2.05, 4.69) is 4.98 Å². The van der Waals surface area contributed by atoms with Crippen LogP contribution in [0.5, 0.6) is 11.6 Å². The Kier molecular flexibility index (Phi) is 4.47. The number of pyridine rings is 1. The Morgan fingerprint density at radius 2 is 2.14 bits per heavy atom. The number of carbonyl (C=O) groups is 1. The van der Waals surface area contributed by atoms with Gasteiger partial charge < -0.3 is 9.84 Å². The van der Waals surface area contributed by atoms with Gasteiger partial charge in [0.25, 0.3) is 5.69 Å². The number of nitro groups is 1. The van der Waals surface area contributed by atoms with Crippen LogP contribution in [0.2, 0.25) is 0 Å². The van der Waals surface area contributed by atoms with E-state index in [4.69, 9.17) is 9.84 Å². The molecule has 0 bridgehead atoms. The molecule has 7 heteroatoms. The second-order valence-electron chi connectivity index (χ2n) is 4.40. The van der Waals surface area contributed by atoms with Crippen LogP contribution in [-0.2, 0) is 4.79 Å². The van der Waals surface area contributed by atoms with E-state index in [1.54, 1.807) is 18.2 Å². The molecule has 0 saturated carbocycles. The monoisotopic (exact) mass is 300 g/mol. The minimum absolute atomic E-state index is 0.113. The van der Waals surface area contributed by atoms with E-state index in [0.717, 1.165) is 23.4 Å². The van der Waals surface area contributed by atoms with Crippen LogP contribution < -0.4 is 4.74 Å². The van der Waals surface area contributed by atoms with Crippen molar-refractivity contribution in [3.8, 4) is 11.6 Å². The molecule has 2 aromatic rings. The number of hydrogen-bond acceptors (Lipinski definition) is 5. The SMILES string of the molecule is Cc1cc(Oc2ccc([N+](=O)[O-])cn2)ccc1C=CC(=O)O. The molecule has 1 aromatic heterocycles. The standard InChI is InChI=1S/C15H12N2O5/c1-10-8-13(5-2-11(10)3-7-15(18)19)22-14-6-4-12(9-16-14)17(20)21/h2-9H,1H3,(H,18,19). The number of aromatic nitrogens is 1. The Labute approximate surface area is 125 Å². The number of carboxylic acid groups (broad SMARTS) is 1. The van der Waals surface area contributed by atoms with Gasteiger partial charge in [-0.05, 0) is 36.3 Å². The smallest absolute Gasteiger partial charge is 0.328 e. The fourth-order valence-electron chi connectivity index (χ4n) is 1.72. The zero-order valence-electron chi connectivity index (χ0n) is 11.6. The first-order chi connectivity index (χ1) is 10.5. The molecule has 1 heterocycles. The fourth-order valence-corrected chi connectivity index (χ4v) is 1.72. The van der Waals surface area contributed by atoms with E-state index >= 15 is 0 Å². The van der Waals surface area contributed by atoms with Crippen molar-refractivity contribution in [1.82, 2.24) is 4.98 Å². The molecule has 7 nitrogen and oxygen atoms in total. The average molecular weight is 300 g/mol. The lowest BCUT2D eigenvalue weighted by Crippen LogP contribution is -1.92. The van der Waals surface area contributed by atoms with Crippen LogP contribution in [0.1, 0.15) is 11.1 Å². The normalized spacial score (nSPS) is 10.6. The molecule has 0 aliphatic heterocycles. The number of carboxylic acids is 1. The highest BCUT2D eigenvalue weighted by atomic mass is 16.6. The Hall–Kier alpha value is -3.22. The minimum Gasteiger partial charge on any atom is -0.478 e. The number of aryl methyl sites for hydroxylation is 1. The zero-order chi connectivity index (χ0) is 16.1. The van der Waals surface area contributed by atoms with Crippen LogP contribution in [0.3, 0.4) is 0 Å². The first-order valence-electron chi connectivity index (χ1n) is 6.25. The van der Waals surface area contributed by atoms with Crippen molar-refractivity contribution in [2.75, 3.05) is 0 Å². The summed E-state index contributed by atoms with van der Waals surface area (Å²) >= 11 is 0. The van der Waals surface area contributed by atoms with Crippen LogP contribution in [0, 0.1) is 17.0 Å². The molecule has 0 aliphatic carbocycles. The molecule has 0 radical (unpaired) electrons. The van der Waals surface area contributed by atoms with Crippen LogP contribution in [0.25, 0.3) is 6.08 Å². The Bertz CT molecular complexity index is 738. The van der Waals surface area contributed by atoms with E-state index in [0.29, 0.717) is 5.75 Å². The summed E-state index contributed by atoms with van der Waals surface area (Å²) in [6, 6.07) is 7.82. The summed E-state index contributed by atoms with van der Waals surface area (Å²) in [5.41, 5.74) is 1.47. The third kappa shape index (κ3) is 3.89. The van der Waals surface area contributed by atoms with Crippen molar-refractivity contribution in [2.45, 2.75) is 6.92 Å². The van der Waals surface area contributed by atoms with Crippen LogP contribution in [0.4, 0.5) is 5.69 Å². The highest BCUT2D eigenvalue weighted by Gasteiger charge is 2.07. The van der Waals surface area contributed by atoms with Gasteiger partial charge in [0, 0.05) is 18.2 Å². The highest BCUT2D eigenvalue weighted by Crippen LogP contribution is 2.24. The van der Waals surface area contributed by atoms with Crippen molar-refractivity contribution in [1.29, 1.82) is 0 Å². The highest BCUT2D eigenvalue weighted by molar-refractivity contribution is 5.85. The summed E-state index contributed by atoms with van der Waals surface area (Å²) in [5, 5.41) is 19.1. The fraction of sp³-hybridized carbons (Fsp3) is 0.0667. The van der Waals surface area contributed by atoms with Gasteiger partial charge in [-0.25, -0.2) is 9.78 Å². The van der Waals surface area contributed by atoms with Gasteiger partial charge in [0.15, 0.2) is 0 Å². The number of benzene rings is 1.